The van der Waals surface area contributed by atoms with Gasteiger partial charge in [0.2, 0.25) is 16.0 Å². The molecule has 0 radical (unpaired) electrons. The Morgan fingerprint density at radius 3 is 2.57 bits per heavy atom. The van der Waals surface area contributed by atoms with Gasteiger partial charge in [-0.2, -0.15) is 9.29 Å². The third-order valence-corrected chi connectivity index (χ3v) is 5.65. The van der Waals surface area contributed by atoms with Crippen molar-refractivity contribution in [2.45, 2.75) is 0 Å². The van der Waals surface area contributed by atoms with Crippen LogP contribution in [0.5, 0.6) is 0 Å². The summed E-state index contributed by atoms with van der Waals surface area (Å²) in [5.41, 5.74) is 0. The predicted octanol–water partition coefficient (Wildman–Crippen LogP) is 0.815. The molecule has 9 heteroatoms. The van der Waals surface area contributed by atoms with E-state index < -0.39 is 10.0 Å². The quantitative estimate of drug-likeness (QED) is 0.899. The molecule has 0 aliphatic carbocycles. The van der Waals surface area contributed by atoms with E-state index in [0.717, 1.165) is 16.0 Å². The summed E-state index contributed by atoms with van der Waals surface area (Å²) in [7, 11) is -1.32. The summed E-state index contributed by atoms with van der Waals surface area (Å²) in [6.45, 7) is 2.25. The molecule has 0 amide bonds. The number of hydrogen-bond donors (Lipinski definition) is 1. The van der Waals surface area contributed by atoms with Crippen LogP contribution in [0.1, 0.15) is 0 Å². The minimum Gasteiger partial charge on any atom is -0.357 e. The summed E-state index contributed by atoms with van der Waals surface area (Å²) < 4.78 is 24.7. The molecule has 0 saturated carbocycles. The summed E-state index contributed by atoms with van der Waals surface area (Å²) in [5, 5.41) is 5.99. The van der Waals surface area contributed by atoms with Crippen LogP contribution >= 0.6 is 11.3 Å². The second-order valence-electron chi connectivity index (χ2n) is 4.91. The lowest BCUT2D eigenvalue weighted by atomic mass is 10.3. The fourth-order valence-electron chi connectivity index (χ4n) is 2.42. The van der Waals surface area contributed by atoms with Crippen molar-refractivity contribution in [1.82, 2.24) is 14.3 Å². The summed E-state index contributed by atoms with van der Waals surface area (Å²) in [5.74, 6) is 1.46. The number of piperazine rings is 1. The zero-order valence-electron chi connectivity index (χ0n) is 11.9. The minimum absolute atomic E-state index is 0.489. The van der Waals surface area contributed by atoms with Gasteiger partial charge in [-0.3, -0.25) is 0 Å². The SMILES string of the molecule is CNc1nc(N2CCN(S(C)(=O)=O)CC2)c2ccsc2n1. The van der Waals surface area contributed by atoms with E-state index in [1.165, 1.54) is 10.6 Å². The number of rotatable bonds is 3. The summed E-state index contributed by atoms with van der Waals surface area (Å²) >= 11 is 1.58. The molecular weight excluding hydrogens is 310 g/mol. The van der Waals surface area contributed by atoms with Crippen LogP contribution in [0.2, 0.25) is 0 Å². The average molecular weight is 327 g/mol. The van der Waals surface area contributed by atoms with E-state index in [1.807, 2.05) is 11.4 Å². The van der Waals surface area contributed by atoms with Crippen molar-refractivity contribution in [3.63, 3.8) is 0 Å². The van der Waals surface area contributed by atoms with Crippen molar-refractivity contribution in [3.05, 3.63) is 11.4 Å². The number of hydrogen-bond acceptors (Lipinski definition) is 7. The molecular formula is C12H17N5O2S2. The van der Waals surface area contributed by atoms with Crippen molar-refractivity contribution in [1.29, 1.82) is 0 Å². The lowest BCUT2D eigenvalue weighted by molar-refractivity contribution is 0.387. The number of aromatic nitrogens is 2. The zero-order chi connectivity index (χ0) is 15.0. The molecule has 0 aromatic carbocycles. The van der Waals surface area contributed by atoms with E-state index in [4.69, 9.17) is 0 Å². The first-order valence-electron chi connectivity index (χ1n) is 6.62. The predicted molar refractivity (Wildman–Crippen MR) is 85.6 cm³/mol. The smallest absolute Gasteiger partial charge is 0.225 e. The van der Waals surface area contributed by atoms with Crippen LogP contribution in [-0.2, 0) is 10.0 Å². The van der Waals surface area contributed by atoms with E-state index in [9.17, 15) is 8.42 Å². The molecule has 2 aromatic rings. The standard InChI is InChI=1S/C12H17N5O2S2/c1-13-12-14-10(9-3-8-20-11(9)15-12)16-4-6-17(7-5-16)21(2,18)19/h3,8H,4-7H2,1-2H3,(H,13,14,15). The topological polar surface area (TPSA) is 78.4 Å². The molecule has 0 bridgehead atoms. The number of nitrogens with zero attached hydrogens (tertiary/aromatic N) is 4. The highest BCUT2D eigenvalue weighted by molar-refractivity contribution is 7.88. The van der Waals surface area contributed by atoms with Crippen LogP contribution in [0.15, 0.2) is 11.4 Å². The monoisotopic (exact) mass is 327 g/mol. The Morgan fingerprint density at radius 2 is 1.95 bits per heavy atom. The maximum absolute atomic E-state index is 11.6. The van der Waals surface area contributed by atoms with Gasteiger partial charge in [-0.1, -0.05) is 0 Å². The highest BCUT2D eigenvalue weighted by atomic mass is 32.2. The number of sulfonamides is 1. The second-order valence-corrected chi connectivity index (χ2v) is 7.79. The molecule has 1 fully saturated rings. The summed E-state index contributed by atoms with van der Waals surface area (Å²) in [6, 6.07) is 2.01. The zero-order valence-corrected chi connectivity index (χ0v) is 13.5. The van der Waals surface area contributed by atoms with Gasteiger partial charge in [-0.05, 0) is 11.4 Å². The molecule has 0 atom stereocenters. The van der Waals surface area contributed by atoms with Crippen molar-refractivity contribution in [2.75, 3.05) is 49.7 Å². The maximum Gasteiger partial charge on any atom is 0.225 e. The number of thiophene rings is 1. The first kappa shape index (κ1) is 14.5. The molecule has 1 aliphatic heterocycles. The van der Waals surface area contributed by atoms with Crippen molar-refractivity contribution < 1.29 is 8.42 Å². The molecule has 21 heavy (non-hydrogen) atoms. The molecule has 7 nitrogen and oxygen atoms in total. The maximum atomic E-state index is 11.6. The number of nitrogens with one attached hydrogen (secondary N) is 1. The van der Waals surface area contributed by atoms with Gasteiger partial charge in [0.05, 0.1) is 11.6 Å². The normalized spacial score (nSPS) is 17.3. The van der Waals surface area contributed by atoms with E-state index in [0.29, 0.717) is 32.1 Å². The van der Waals surface area contributed by atoms with Crippen LogP contribution in [-0.4, -0.2) is 62.2 Å². The largest absolute Gasteiger partial charge is 0.357 e. The third kappa shape index (κ3) is 2.81. The molecule has 0 spiro atoms. The van der Waals surface area contributed by atoms with Crippen molar-refractivity contribution in [3.8, 4) is 0 Å². The Labute approximate surface area is 127 Å². The van der Waals surface area contributed by atoms with Gasteiger partial charge in [-0.15, -0.1) is 11.3 Å². The Bertz CT molecular complexity index is 750. The van der Waals surface area contributed by atoms with E-state index >= 15 is 0 Å². The highest BCUT2D eigenvalue weighted by Crippen LogP contribution is 2.29. The molecule has 3 heterocycles. The van der Waals surface area contributed by atoms with Crippen LogP contribution in [0.3, 0.4) is 0 Å². The van der Waals surface area contributed by atoms with Gasteiger partial charge in [0.1, 0.15) is 10.6 Å². The fraction of sp³-hybridized carbons (Fsp3) is 0.500. The van der Waals surface area contributed by atoms with Crippen LogP contribution in [0.4, 0.5) is 11.8 Å². The fourth-order valence-corrected chi connectivity index (χ4v) is 4.01. The van der Waals surface area contributed by atoms with Crippen LogP contribution in [0, 0.1) is 0 Å². The number of fused-ring (bicyclic) bond motifs is 1. The van der Waals surface area contributed by atoms with Crippen LogP contribution < -0.4 is 10.2 Å². The first-order valence-corrected chi connectivity index (χ1v) is 9.35. The van der Waals surface area contributed by atoms with Gasteiger partial charge in [0, 0.05) is 33.2 Å². The lowest BCUT2D eigenvalue weighted by Gasteiger charge is -2.34. The molecule has 1 aliphatic rings. The number of anilines is 2. The third-order valence-electron chi connectivity index (χ3n) is 3.54. The summed E-state index contributed by atoms with van der Waals surface area (Å²) in [4.78, 5) is 12.0. The Morgan fingerprint density at radius 1 is 1.24 bits per heavy atom. The first-order chi connectivity index (χ1) is 9.99. The molecule has 0 unspecified atom stereocenters. The minimum atomic E-state index is -3.11. The average Bonchev–Trinajstić information content (AvgIpc) is 2.93. The highest BCUT2D eigenvalue weighted by Gasteiger charge is 2.25. The molecule has 114 valence electrons. The van der Waals surface area contributed by atoms with Gasteiger partial charge < -0.3 is 10.2 Å². The van der Waals surface area contributed by atoms with Crippen molar-refractivity contribution in [2.24, 2.45) is 0 Å². The van der Waals surface area contributed by atoms with Gasteiger partial charge >= 0.3 is 0 Å². The molecule has 3 rings (SSSR count). The van der Waals surface area contributed by atoms with Gasteiger partial charge in [0.25, 0.3) is 0 Å². The van der Waals surface area contributed by atoms with Crippen molar-refractivity contribution >= 4 is 43.3 Å². The Kier molecular flexibility index (Phi) is 3.72. The van der Waals surface area contributed by atoms with E-state index in [-0.39, 0.29) is 0 Å². The molecule has 2 aromatic heterocycles. The second kappa shape index (κ2) is 5.39. The Hall–Kier alpha value is -1.45. The Balaban J connectivity index is 1.90. The molecule has 1 saturated heterocycles. The molecule has 1 N–H and O–H groups in total. The summed E-state index contributed by atoms with van der Waals surface area (Å²) in [6.07, 6.45) is 1.25. The van der Waals surface area contributed by atoms with Crippen LogP contribution in [0.25, 0.3) is 10.2 Å². The van der Waals surface area contributed by atoms with E-state index in [2.05, 4.69) is 20.2 Å². The lowest BCUT2D eigenvalue weighted by Crippen LogP contribution is -2.48. The van der Waals surface area contributed by atoms with E-state index in [1.54, 1.807) is 18.4 Å². The van der Waals surface area contributed by atoms with Gasteiger partial charge in [0.15, 0.2) is 0 Å². The van der Waals surface area contributed by atoms with Gasteiger partial charge in [-0.25, -0.2) is 13.4 Å².